The molecule has 5 rings (SSSR count). The Morgan fingerprint density at radius 3 is 2.56 bits per heavy atom. The number of rotatable bonds is 6. The molecule has 3 aromatic carbocycles. The summed E-state index contributed by atoms with van der Waals surface area (Å²) in [6.45, 7) is 6.42. The number of carbonyl (C=O) groups excluding carboxylic acids is 2. The van der Waals surface area contributed by atoms with E-state index in [0.29, 0.717) is 25.2 Å². The van der Waals surface area contributed by atoms with Crippen LogP contribution in [-0.4, -0.2) is 60.9 Å². The largest absolute Gasteiger partial charge is 0.482 e. The second-order valence-corrected chi connectivity index (χ2v) is 9.35. The number of amides is 2. The van der Waals surface area contributed by atoms with Gasteiger partial charge in [0.05, 0.1) is 12.2 Å². The van der Waals surface area contributed by atoms with Crippen LogP contribution in [0.2, 0.25) is 0 Å². The number of benzene rings is 3. The number of hydrogen-bond acceptors (Lipinski definition) is 4. The lowest BCUT2D eigenvalue weighted by Crippen LogP contribution is -2.48. The first kappa shape index (κ1) is 23.8. The summed E-state index contributed by atoms with van der Waals surface area (Å²) >= 11 is 0. The Hall–Kier alpha value is -3.90. The zero-order valence-corrected chi connectivity index (χ0v) is 20.6. The molecule has 2 aliphatic rings. The number of ether oxygens (including phenoxy) is 1. The van der Waals surface area contributed by atoms with Crippen molar-refractivity contribution in [1.82, 2.24) is 9.80 Å². The van der Waals surface area contributed by atoms with Gasteiger partial charge in [0.2, 0.25) is 0 Å². The molecule has 1 saturated heterocycles. The molecule has 0 bridgehead atoms. The van der Waals surface area contributed by atoms with Crippen molar-refractivity contribution in [2.24, 2.45) is 0 Å². The van der Waals surface area contributed by atoms with Gasteiger partial charge in [-0.15, -0.1) is 0 Å². The minimum absolute atomic E-state index is 0.0277. The Bertz CT molecular complexity index is 1260. The van der Waals surface area contributed by atoms with Crippen molar-refractivity contribution in [2.45, 2.75) is 13.5 Å². The molecule has 36 heavy (non-hydrogen) atoms. The molecule has 0 N–H and O–H groups in total. The lowest BCUT2D eigenvalue weighted by molar-refractivity contribution is -0.121. The third-order valence-electron chi connectivity index (χ3n) is 6.71. The number of nitrogens with zero attached hydrogens (tertiary/aromatic N) is 3. The minimum atomic E-state index is -0.0829. The number of fused-ring (bicyclic) bond motifs is 1. The van der Waals surface area contributed by atoms with E-state index in [4.69, 9.17) is 4.74 Å². The van der Waals surface area contributed by atoms with Gasteiger partial charge in [-0.1, -0.05) is 60.7 Å². The lowest BCUT2D eigenvalue weighted by Gasteiger charge is -2.34. The summed E-state index contributed by atoms with van der Waals surface area (Å²) < 4.78 is 5.62. The number of hydrogen-bond donors (Lipinski definition) is 0. The monoisotopic (exact) mass is 481 g/mol. The van der Waals surface area contributed by atoms with Crippen LogP contribution in [0.1, 0.15) is 27.0 Å². The Kier molecular flexibility index (Phi) is 7.14. The summed E-state index contributed by atoms with van der Waals surface area (Å²) in [7, 11) is 0. The van der Waals surface area contributed by atoms with Crippen molar-refractivity contribution in [3.8, 4) is 5.75 Å². The van der Waals surface area contributed by atoms with E-state index in [-0.39, 0.29) is 18.4 Å². The van der Waals surface area contributed by atoms with E-state index in [1.165, 1.54) is 5.56 Å². The van der Waals surface area contributed by atoms with Crippen molar-refractivity contribution < 1.29 is 14.3 Å². The Morgan fingerprint density at radius 1 is 0.944 bits per heavy atom. The van der Waals surface area contributed by atoms with E-state index in [1.807, 2.05) is 72.5 Å². The molecule has 0 saturated carbocycles. The summed E-state index contributed by atoms with van der Waals surface area (Å²) in [6, 6.07) is 23.8. The third-order valence-corrected chi connectivity index (χ3v) is 6.71. The average Bonchev–Trinajstić information content (AvgIpc) is 2.91. The number of aryl methyl sites for hydroxylation is 1. The fourth-order valence-corrected chi connectivity index (χ4v) is 4.69. The SMILES string of the molecule is Cc1ccc2c(c1)OCC(=O)N2Cc1cccc(C(=O)N2CCN(C/C=C/c3ccccc3)CC2)c1. The highest BCUT2D eigenvalue weighted by Crippen LogP contribution is 2.34. The van der Waals surface area contributed by atoms with Crippen molar-refractivity contribution in [3.05, 3.63) is 101 Å². The Morgan fingerprint density at radius 2 is 1.75 bits per heavy atom. The molecule has 2 aliphatic heterocycles. The molecule has 0 aliphatic carbocycles. The van der Waals surface area contributed by atoms with Gasteiger partial charge in [-0.3, -0.25) is 14.5 Å². The van der Waals surface area contributed by atoms with E-state index < -0.39 is 0 Å². The van der Waals surface area contributed by atoms with Crippen LogP contribution >= 0.6 is 0 Å². The zero-order valence-electron chi connectivity index (χ0n) is 20.6. The van der Waals surface area contributed by atoms with E-state index in [1.54, 1.807) is 4.90 Å². The highest BCUT2D eigenvalue weighted by atomic mass is 16.5. The molecular formula is C30H31N3O3. The van der Waals surface area contributed by atoms with Gasteiger partial charge in [0.1, 0.15) is 5.75 Å². The number of anilines is 1. The molecule has 0 aromatic heterocycles. The molecule has 0 spiro atoms. The summed E-state index contributed by atoms with van der Waals surface area (Å²) in [5.74, 6) is 0.680. The highest BCUT2D eigenvalue weighted by molar-refractivity contribution is 5.98. The van der Waals surface area contributed by atoms with Crippen LogP contribution in [0.25, 0.3) is 6.08 Å². The van der Waals surface area contributed by atoms with Crippen LogP contribution in [0.15, 0.2) is 78.9 Å². The van der Waals surface area contributed by atoms with E-state index in [9.17, 15) is 9.59 Å². The van der Waals surface area contributed by atoms with E-state index in [2.05, 4.69) is 29.2 Å². The molecule has 184 valence electrons. The van der Waals surface area contributed by atoms with Crippen molar-refractivity contribution in [2.75, 3.05) is 44.2 Å². The molecule has 0 atom stereocenters. The number of piperazine rings is 1. The van der Waals surface area contributed by atoms with Gasteiger partial charge >= 0.3 is 0 Å². The van der Waals surface area contributed by atoms with Crippen molar-refractivity contribution in [1.29, 1.82) is 0 Å². The third kappa shape index (κ3) is 5.50. The smallest absolute Gasteiger partial charge is 0.265 e. The molecule has 2 heterocycles. The maximum absolute atomic E-state index is 13.2. The summed E-state index contributed by atoms with van der Waals surface area (Å²) in [4.78, 5) is 31.9. The highest BCUT2D eigenvalue weighted by Gasteiger charge is 2.26. The minimum Gasteiger partial charge on any atom is -0.482 e. The van der Waals surface area contributed by atoms with E-state index >= 15 is 0 Å². The van der Waals surface area contributed by atoms with E-state index in [0.717, 1.165) is 42.2 Å². The molecule has 6 nitrogen and oxygen atoms in total. The van der Waals surface area contributed by atoms with Crippen molar-refractivity contribution >= 4 is 23.6 Å². The zero-order chi connectivity index (χ0) is 24.9. The quantitative estimate of drug-likeness (QED) is 0.524. The van der Waals surface area contributed by atoms with Crippen LogP contribution in [0.4, 0.5) is 5.69 Å². The first-order valence-electron chi connectivity index (χ1n) is 12.4. The Balaban J connectivity index is 1.19. The van der Waals surface area contributed by atoms with Crippen LogP contribution in [0.3, 0.4) is 0 Å². The average molecular weight is 482 g/mol. The topological polar surface area (TPSA) is 53.1 Å². The van der Waals surface area contributed by atoms with Gasteiger partial charge in [0, 0.05) is 38.3 Å². The summed E-state index contributed by atoms with van der Waals surface area (Å²) in [5, 5.41) is 0. The lowest BCUT2D eigenvalue weighted by atomic mass is 10.1. The molecule has 0 radical (unpaired) electrons. The molecular weight excluding hydrogens is 450 g/mol. The maximum Gasteiger partial charge on any atom is 0.265 e. The standard InChI is InChI=1S/C30H31N3O3/c1-23-12-13-27-28(19-23)36-22-29(34)33(27)21-25-9-5-11-26(20-25)30(35)32-17-15-31(16-18-32)14-6-10-24-7-3-2-4-8-24/h2-13,19-20H,14-18,21-22H2,1H3/b10-6+. The fraction of sp³-hybridized carbons (Fsp3) is 0.267. The molecule has 1 fully saturated rings. The van der Waals surface area contributed by atoms with Crippen LogP contribution in [0, 0.1) is 6.92 Å². The second kappa shape index (κ2) is 10.8. The molecule has 3 aromatic rings. The van der Waals surface area contributed by atoms with Gasteiger partial charge in [0.25, 0.3) is 11.8 Å². The van der Waals surface area contributed by atoms with Crippen LogP contribution < -0.4 is 9.64 Å². The summed E-state index contributed by atoms with van der Waals surface area (Å²) in [5.41, 5.74) is 4.64. The summed E-state index contributed by atoms with van der Waals surface area (Å²) in [6.07, 6.45) is 4.32. The van der Waals surface area contributed by atoms with Gasteiger partial charge in [0.15, 0.2) is 6.61 Å². The first-order chi connectivity index (χ1) is 17.6. The molecule has 0 unspecified atom stereocenters. The normalized spacial score (nSPS) is 16.2. The van der Waals surface area contributed by atoms with Gasteiger partial charge in [-0.2, -0.15) is 0 Å². The molecule has 6 heteroatoms. The van der Waals surface area contributed by atoms with Gasteiger partial charge < -0.3 is 14.5 Å². The Labute approximate surface area is 212 Å². The fourth-order valence-electron chi connectivity index (χ4n) is 4.69. The first-order valence-corrected chi connectivity index (χ1v) is 12.4. The van der Waals surface area contributed by atoms with Gasteiger partial charge in [-0.25, -0.2) is 0 Å². The number of carbonyl (C=O) groups is 2. The molecule has 2 amide bonds. The second-order valence-electron chi connectivity index (χ2n) is 9.35. The predicted molar refractivity (Wildman–Crippen MR) is 142 cm³/mol. The van der Waals surface area contributed by atoms with Crippen molar-refractivity contribution in [3.63, 3.8) is 0 Å². The van der Waals surface area contributed by atoms with Crippen LogP contribution in [-0.2, 0) is 11.3 Å². The van der Waals surface area contributed by atoms with Crippen LogP contribution in [0.5, 0.6) is 5.75 Å². The predicted octanol–water partition coefficient (Wildman–Crippen LogP) is 4.39. The van der Waals surface area contributed by atoms with Gasteiger partial charge in [-0.05, 0) is 47.9 Å². The maximum atomic E-state index is 13.2.